The topological polar surface area (TPSA) is 66.9 Å². The van der Waals surface area contributed by atoms with Gasteiger partial charge < -0.3 is 5.32 Å². The van der Waals surface area contributed by atoms with Crippen molar-refractivity contribution in [2.24, 2.45) is 0 Å². The van der Waals surface area contributed by atoms with E-state index in [1.165, 1.54) is 6.92 Å². The number of benzene rings is 1. The number of nitrogens with one attached hydrogen (secondary N) is 2. The lowest BCUT2D eigenvalue weighted by Gasteiger charge is -2.03. The van der Waals surface area contributed by atoms with Crippen LogP contribution >= 0.6 is 34.7 Å². The number of amides is 1. The summed E-state index contributed by atoms with van der Waals surface area (Å²) < 4.78 is 3.97. The van der Waals surface area contributed by atoms with Crippen LogP contribution in [0.4, 0.5) is 16.8 Å². The van der Waals surface area contributed by atoms with E-state index >= 15 is 0 Å². The first-order valence-corrected chi connectivity index (χ1v) is 6.41. The van der Waals surface area contributed by atoms with E-state index < -0.39 is 0 Å². The molecule has 1 aromatic carbocycles. The average molecular weight is 303 g/mol. The molecule has 0 saturated carbocycles. The van der Waals surface area contributed by atoms with Crippen LogP contribution in [0.15, 0.2) is 18.2 Å². The van der Waals surface area contributed by atoms with E-state index in [2.05, 4.69) is 20.0 Å². The normalized spacial score (nSPS) is 10.2. The third-order valence-electron chi connectivity index (χ3n) is 1.88. The van der Waals surface area contributed by atoms with Crippen molar-refractivity contribution in [2.75, 3.05) is 10.6 Å². The zero-order chi connectivity index (χ0) is 13.1. The Hall–Kier alpha value is -1.37. The summed E-state index contributed by atoms with van der Waals surface area (Å²) in [5, 5.41) is 7.00. The Morgan fingerprint density at radius 1 is 1.33 bits per heavy atom. The van der Waals surface area contributed by atoms with Gasteiger partial charge in [-0.15, -0.1) is 0 Å². The van der Waals surface area contributed by atoms with Crippen LogP contribution in [-0.2, 0) is 4.79 Å². The maximum atomic E-state index is 10.8. The average Bonchev–Trinajstić information content (AvgIpc) is 2.70. The fraction of sp³-hybridized carbons (Fsp3) is 0.100. The monoisotopic (exact) mass is 302 g/mol. The number of nitrogens with zero attached hydrogens (tertiary/aromatic N) is 2. The largest absolute Gasteiger partial charge is 0.330 e. The fourth-order valence-corrected chi connectivity index (χ4v) is 2.03. The van der Waals surface area contributed by atoms with Crippen LogP contribution in [0.5, 0.6) is 0 Å². The molecule has 18 heavy (non-hydrogen) atoms. The molecule has 0 aliphatic heterocycles. The molecule has 1 heterocycles. The van der Waals surface area contributed by atoms with Crippen LogP contribution in [0.3, 0.4) is 0 Å². The Balaban J connectivity index is 2.11. The molecular weight excluding hydrogens is 295 g/mol. The van der Waals surface area contributed by atoms with Gasteiger partial charge in [0.15, 0.2) is 0 Å². The van der Waals surface area contributed by atoms with E-state index in [1.54, 1.807) is 18.2 Å². The smallest absolute Gasteiger partial charge is 0.243 e. The van der Waals surface area contributed by atoms with Crippen molar-refractivity contribution in [3.05, 3.63) is 28.2 Å². The molecule has 0 radical (unpaired) electrons. The Morgan fingerprint density at radius 3 is 2.78 bits per heavy atom. The summed E-state index contributed by atoms with van der Waals surface area (Å²) in [4.78, 5) is 14.9. The van der Waals surface area contributed by atoms with Gasteiger partial charge in [0.2, 0.25) is 17.0 Å². The van der Waals surface area contributed by atoms with Crippen LogP contribution < -0.4 is 10.6 Å². The molecule has 1 amide bonds. The molecule has 2 N–H and O–H groups in total. The van der Waals surface area contributed by atoms with Crippen molar-refractivity contribution in [2.45, 2.75) is 6.92 Å². The summed E-state index contributed by atoms with van der Waals surface area (Å²) in [6, 6.07) is 5.14. The zero-order valence-electron chi connectivity index (χ0n) is 9.20. The number of rotatable bonds is 3. The highest BCUT2D eigenvalue weighted by Gasteiger charge is 2.06. The van der Waals surface area contributed by atoms with Crippen LogP contribution in [-0.4, -0.2) is 15.3 Å². The molecule has 0 unspecified atom stereocenters. The summed E-state index contributed by atoms with van der Waals surface area (Å²) in [5.74, 6) is 0.0592. The molecule has 0 atom stereocenters. The van der Waals surface area contributed by atoms with Gasteiger partial charge in [0.25, 0.3) is 0 Å². The molecule has 5 nitrogen and oxygen atoms in total. The second-order valence-corrected chi connectivity index (χ2v) is 4.92. The first kappa shape index (κ1) is 13.1. The van der Waals surface area contributed by atoms with Gasteiger partial charge in [0.1, 0.15) is 0 Å². The summed E-state index contributed by atoms with van der Waals surface area (Å²) in [6.45, 7) is 1.40. The van der Waals surface area contributed by atoms with E-state index in [-0.39, 0.29) is 11.9 Å². The first-order valence-electron chi connectivity index (χ1n) is 4.88. The molecule has 0 fully saturated rings. The molecule has 0 bridgehead atoms. The number of aromatic nitrogens is 2. The van der Waals surface area contributed by atoms with Gasteiger partial charge >= 0.3 is 0 Å². The Bertz CT molecular complexity index is 587. The number of halogens is 2. The van der Waals surface area contributed by atoms with E-state index in [1.807, 2.05) is 0 Å². The maximum absolute atomic E-state index is 10.8. The number of hydrogen-bond donors (Lipinski definition) is 2. The SMILES string of the molecule is CC(=O)Nc1nsc(Nc2ccc(Cl)c(Cl)c2)n1. The Kier molecular flexibility index (Phi) is 4.00. The molecule has 94 valence electrons. The molecule has 0 aliphatic carbocycles. The van der Waals surface area contributed by atoms with Gasteiger partial charge in [-0.25, -0.2) is 0 Å². The van der Waals surface area contributed by atoms with Crippen molar-refractivity contribution in [1.29, 1.82) is 0 Å². The van der Waals surface area contributed by atoms with Gasteiger partial charge in [-0.1, -0.05) is 23.2 Å². The molecule has 1 aromatic heterocycles. The maximum Gasteiger partial charge on any atom is 0.243 e. The predicted octanol–water partition coefficient (Wildman–Crippen LogP) is 3.55. The lowest BCUT2D eigenvalue weighted by molar-refractivity contribution is -0.114. The fourth-order valence-electron chi connectivity index (χ4n) is 1.18. The second kappa shape index (κ2) is 5.51. The molecule has 0 saturated heterocycles. The van der Waals surface area contributed by atoms with Crippen LogP contribution in [0.2, 0.25) is 10.0 Å². The minimum absolute atomic E-state index is 0.214. The van der Waals surface area contributed by atoms with Gasteiger partial charge in [-0.05, 0) is 18.2 Å². The third-order valence-corrected chi connectivity index (χ3v) is 3.25. The minimum Gasteiger partial charge on any atom is -0.330 e. The summed E-state index contributed by atoms with van der Waals surface area (Å²) in [7, 11) is 0. The summed E-state index contributed by atoms with van der Waals surface area (Å²) in [5.41, 5.74) is 0.745. The second-order valence-electron chi connectivity index (χ2n) is 3.36. The van der Waals surface area contributed by atoms with Crippen molar-refractivity contribution in [3.8, 4) is 0 Å². The third kappa shape index (κ3) is 3.32. The molecule has 0 aliphatic rings. The first-order chi connectivity index (χ1) is 8.54. The predicted molar refractivity (Wildman–Crippen MR) is 74.0 cm³/mol. The number of carbonyl (C=O) groups excluding carboxylic acids is 1. The lowest BCUT2D eigenvalue weighted by atomic mass is 10.3. The quantitative estimate of drug-likeness (QED) is 0.910. The lowest BCUT2D eigenvalue weighted by Crippen LogP contribution is -2.06. The van der Waals surface area contributed by atoms with Crippen LogP contribution in [0, 0.1) is 0 Å². The van der Waals surface area contributed by atoms with Crippen molar-refractivity contribution in [1.82, 2.24) is 9.36 Å². The van der Waals surface area contributed by atoms with Crippen molar-refractivity contribution in [3.63, 3.8) is 0 Å². The molecular formula is C10H8Cl2N4OS. The van der Waals surface area contributed by atoms with Gasteiger partial charge in [0, 0.05) is 24.1 Å². The van der Waals surface area contributed by atoms with Gasteiger partial charge in [-0.3, -0.25) is 10.1 Å². The molecule has 8 heteroatoms. The standard InChI is InChI=1S/C10H8Cl2N4OS/c1-5(17)13-9-15-10(18-16-9)14-6-2-3-7(11)8(12)4-6/h2-4H,1H3,(H2,13,14,15,16,17). The number of anilines is 3. The Labute approximate surface area is 117 Å². The van der Waals surface area contributed by atoms with Crippen LogP contribution in [0.1, 0.15) is 6.92 Å². The molecule has 2 rings (SSSR count). The molecule has 0 spiro atoms. The summed E-state index contributed by atoms with van der Waals surface area (Å²) >= 11 is 12.8. The van der Waals surface area contributed by atoms with Crippen molar-refractivity contribution >= 4 is 57.4 Å². The highest BCUT2D eigenvalue weighted by atomic mass is 35.5. The van der Waals surface area contributed by atoms with E-state index in [9.17, 15) is 4.79 Å². The van der Waals surface area contributed by atoms with E-state index in [4.69, 9.17) is 23.2 Å². The highest BCUT2D eigenvalue weighted by molar-refractivity contribution is 7.10. The van der Waals surface area contributed by atoms with Gasteiger partial charge in [0.05, 0.1) is 10.0 Å². The van der Waals surface area contributed by atoms with Crippen LogP contribution in [0.25, 0.3) is 0 Å². The van der Waals surface area contributed by atoms with Crippen molar-refractivity contribution < 1.29 is 4.79 Å². The zero-order valence-corrected chi connectivity index (χ0v) is 11.5. The number of carbonyl (C=O) groups is 1. The highest BCUT2D eigenvalue weighted by Crippen LogP contribution is 2.27. The Morgan fingerprint density at radius 2 is 2.11 bits per heavy atom. The number of hydrogen-bond acceptors (Lipinski definition) is 5. The summed E-state index contributed by atoms with van der Waals surface area (Å²) in [6.07, 6.45) is 0. The van der Waals surface area contributed by atoms with Gasteiger partial charge in [-0.2, -0.15) is 9.36 Å². The van der Waals surface area contributed by atoms with E-state index in [0.717, 1.165) is 17.2 Å². The minimum atomic E-state index is -0.214. The van der Waals surface area contributed by atoms with E-state index in [0.29, 0.717) is 15.2 Å². The molecule has 2 aromatic rings.